The minimum Gasteiger partial charge on any atom is -0.507 e. The lowest BCUT2D eigenvalue weighted by atomic mass is 9.45. The van der Waals surface area contributed by atoms with E-state index < -0.39 is 57.9 Å². The van der Waals surface area contributed by atoms with Gasteiger partial charge in [-0.3, -0.25) is 14.4 Å². The number of aliphatic hydroxyl groups is 1. The smallest absolute Gasteiger partial charge is 0.252 e. The number of phenols is 2. The summed E-state index contributed by atoms with van der Waals surface area (Å²) in [5.74, 6) is -4.44. The number of rotatable bonds is 0. The quantitative estimate of drug-likeness (QED) is 0.280. The lowest BCUT2D eigenvalue weighted by Gasteiger charge is -2.53. The van der Waals surface area contributed by atoms with Crippen molar-refractivity contribution in [3.8, 4) is 17.2 Å². The third-order valence-electron chi connectivity index (χ3n) is 10.4. The van der Waals surface area contributed by atoms with E-state index in [2.05, 4.69) is 0 Å². The molecule has 0 bridgehead atoms. The van der Waals surface area contributed by atoms with Crippen molar-refractivity contribution >= 4 is 17.3 Å². The molecule has 9 nitrogen and oxygen atoms in total. The standard InChI is InChI=1S/C32H24O9/c1-12-9-15-21(19(34)10-12)25(36)22-14(24(15)35)7-8-17-26(22)41-32-16-5-4-6-18(33)23(16)28(37)31-20(40-31)11-29(3,38)27(13(2)39-32)30(17,31)32/h4-10,13,20,27,33-34,38H,11H2,1-3H3/t13-,20-,27+,29+,30+,31+,32+/m1/s1. The van der Waals surface area contributed by atoms with Crippen LogP contribution >= 0.6 is 0 Å². The van der Waals surface area contributed by atoms with Gasteiger partial charge in [0.2, 0.25) is 11.6 Å². The van der Waals surface area contributed by atoms with Crippen LogP contribution in [0.2, 0.25) is 0 Å². The highest BCUT2D eigenvalue weighted by atomic mass is 16.7. The average molecular weight is 553 g/mol. The molecule has 41 heavy (non-hydrogen) atoms. The molecule has 0 amide bonds. The molecule has 206 valence electrons. The van der Waals surface area contributed by atoms with Gasteiger partial charge in [0.1, 0.15) is 22.7 Å². The first-order valence-electron chi connectivity index (χ1n) is 13.7. The minimum atomic E-state index is -1.76. The Bertz CT molecular complexity index is 1870. The maximum atomic E-state index is 14.4. The number of hydrogen-bond donors (Lipinski definition) is 3. The zero-order valence-electron chi connectivity index (χ0n) is 22.3. The van der Waals surface area contributed by atoms with Gasteiger partial charge in [-0.05, 0) is 50.6 Å². The van der Waals surface area contributed by atoms with Gasteiger partial charge in [-0.2, -0.15) is 0 Å². The van der Waals surface area contributed by atoms with Crippen molar-refractivity contribution in [3.05, 3.63) is 87.0 Å². The fraction of sp³-hybridized carbons (Fsp3) is 0.344. The predicted octanol–water partition coefficient (Wildman–Crippen LogP) is 3.19. The number of carbonyl (C=O) groups is 3. The molecule has 9 heteroatoms. The number of ketones is 3. The van der Waals surface area contributed by atoms with Gasteiger partial charge in [0.25, 0.3) is 5.79 Å². The first kappa shape index (κ1) is 23.6. The number of benzene rings is 3. The van der Waals surface area contributed by atoms with Crippen molar-refractivity contribution in [3.63, 3.8) is 0 Å². The average Bonchev–Trinajstić information content (AvgIpc) is 3.43. The van der Waals surface area contributed by atoms with E-state index in [0.717, 1.165) is 0 Å². The molecule has 2 spiro atoms. The Hall–Kier alpha value is -4.05. The van der Waals surface area contributed by atoms with Gasteiger partial charge in [-0.15, -0.1) is 0 Å². The van der Waals surface area contributed by atoms with Gasteiger partial charge >= 0.3 is 0 Å². The normalized spacial score (nSPS) is 38.1. The molecule has 3 aromatic rings. The topological polar surface area (TPSA) is 143 Å². The van der Waals surface area contributed by atoms with E-state index >= 15 is 0 Å². The molecule has 3 N–H and O–H groups in total. The Labute approximate surface area is 233 Å². The molecule has 6 aliphatic rings. The van der Waals surface area contributed by atoms with Crippen LogP contribution in [0.5, 0.6) is 17.2 Å². The van der Waals surface area contributed by atoms with Crippen LogP contribution in [0.15, 0.2) is 42.5 Å². The molecule has 7 atom stereocenters. The molecule has 3 aliphatic heterocycles. The Morgan fingerprint density at radius 3 is 2.44 bits per heavy atom. The Balaban J connectivity index is 1.42. The van der Waals surface area contributed by atoms with E-state index in [0.29, 0.717) is 11.1 Å². The molecule has 9 rings (SSSR count). The summed E-state index contributed by atoms with van der Waals surface area (Å²) < 4.78 is 19.8. The lowest BCUT2D eigenvalue weighted by molar-refractivity contribution is -0.205. The molecule has 3 fully saturated rings. The third kappa shape index (κ3) is 2.15. The number of epoxide rings is 1. The van der Waals surface area contributed by atoms with Crippen molar-refractivity contribution in [1.29, 1.82) is 0 Å². The van der Waals surface area contributed by atoms with Gasteiger partial charge in [0, 0.05) is 34.6 Å². The van der Waals surface area contributed by atoms with Gasteiger partial charge in [-0.25, -0.2) is 0 Å². The van der Waals surface area contributed by atoms with E-state index in [4.69, 9.17) is 14.2 Å². The molecule has 2 saturated heterocycles. The number of ether oxygens (including phenoxy) is 3. The van der Waals surface area contributed by atoms with E-state index in [1.165, 1.54) is 12.1 Å². The van der Waals surface area contributed by atoms with E-state index in [9.17, 15) is 29.7 Å². The zero-order chi connectivity index (χ0) is 28.6. The molecule has 3 aromatic carbocycles. The van der Waals surface area contributed by atoms with E-state index in [1.54, 1.807) is 44.2 Å². The highest BCUT2D eigenvalue weighted by molar-refractivity contribution is 6.30. The molecule has 0 radical (unpaired) electrons. The lowest BCUT2D eigenvalue weighted by Crippen LogP contribution is -2.70. The van der Waals surface area contributed by atoms with Crippen LogP contribution in [0.25, 0.3) is 0 Å². The summed E-state index contributed by atoms with van der Waals surface area (Å²) in [5, 5.41) is 33.6. The van der Waals surface area contributed by atoms with Crippen molar-refractivity contribution in [1.82, 2.24) is 0 Å². The van der Waals surface area contributed by atoms with Crippen molar-refractivity contribution in [2.75, 3.05) is 0 Å². The van der Waals surface area contributed by atoms with Crippen LogP contribution < -0.4 is 4.74 Å². The fourth-order valence-electron chi connectivity index (χ4n) is 9.26. The van der Waals surface area contributed by atoms with Crippen molar-refractivity contribution in [2.24, 2.45) is 5.92 Å². The summed E-state index contributed by atoms with van der Waals surface area (Å²) in [6.07, 6.45) is -1.16. The third-order valence-corrected chi connectivity index (χ3v) is 10.4. The van der Waals surface area contributed by atoms with Gasteiger partial charge in [-0.1, -0.05) is 18.2 Å². The summed E-state index contributed by atoms with van der Waals surface area (Å²) in [6, 6.07) is 10.9. The number of aryl methyl sites for hydroxylation is 1. The van der Waals surface area contributed by atoms with Crippen molar-refractivity contribution in [2.45, 2.75) is 61.8 Å². The second kappa shape index (κ2) is 6.54. The number of fused-ring (bicyclic) bond motifs is 5. The summed E-state index contributed by atoms with van der Waals surface area (Å²) in [7, 11) is 0. The van der Waals surface area contributed by atoms with Crippen LogP contribution in [0.1, 0.15) is 79.2 Å². The van der Waals surface area contributed by atoms with Crippen LogP contribution in [-0.4, -0.2) is 56.1 Å². The largest absolute Gasteiger partial charge is 0.507 e. The van der Waals surface area contributed by atoms with Crippen molar-refractivity contribution < 1.29 is 43.9 Å². The van der Waals surface area contributed by atoms with Crippen LogP contribution in [0.3, 0.4) is 0 Å². The van der Waals surface area contributed by atoms with Gasteiger partial charge < -0.3 is 29.5 Å². The second-order valence-corrected chi connectivity index (χ2v) is 12.5. The van der Waals surface area contributed by atoms with Gasteiger partial charge in [0.15, 0.2) is 11.4 Å². The van der Waals surface area contributed by atoms with Crippen LogP contribution in [-0.2, 0) is 20.7 Å². The number of carbonyl (C=O) groups excluding carboxylic acids is 3. The summed E-state index contributed by atoms with van der Waals surface area (Å²) in [6.45, 7) is 5.22. The molecule has 0 aromatic heterocycles. The molecule has 0 unspecified atom stereocenters. The predicted molar refractivity (Wildman–Crippen MR) is 139 cm³/mol. The molecular formula is C32H24O9. The molecular weight excluding hydrogens is 528 g/mol. The Morgan fingerprint density at radius 2 is 1.66 bits per heavy atom. The summed E-state index contributed by atoms with van der Waals surface area (Å²) >= 11 is 0. The maximum Gasteiger partial charge on any atom is 0.252 e. The first-order chi connectivity index (χ1) is 19.4. The maximum absolute atomic E-state index is 14.4. The van der Waals surface area contributed by atoms with E-state index in [-0.39, 0.29) is 57.1 Å². The molecule has 1 saturated carbocycles. The Kier molecular flexibility index (Phi) is 3.77. The number of hydrogen-bond acceptors (Lipinski definition) is 9. The minimum absolute atomic E-state index is 0.0163. The second-order valence-electron chi connectivity index (χ2n) is 12.5. The monoisotopic (exact) mass is 552 g/mol. The molecule has 3 aliphatic carbocycles. The van der Waals surface area contributed by atoms with E-state index in [1.807, 2.05) is 6.92 Å². The number of aromatic hydroxyl groups is 2. The zero-order valence-corrected chi connectivity index (χ0v) is 22.3. The number of phenolic OH excluding ortho intramolecular Hbond substituents is 2. The first-order valence-corrected chi connectivity index (χ1v) is 13.7. The summed E-state index contributed by atoms with van der Waals surface area (Å²) in [4.78, 5) is 42.3. The molecule has 3 heterocycles. The number of Topliss-reactive ketones (excluding diaryl/α,β-unsaturated/α-hetero) is 1. The fourth-order valence-corrected chi connectivity index (χ4v) is 9.26. The van der Waals surface area contributed by atoms with Crippen LogP contribution in [0.4, 0.5) is 0 Å². The highest BCUT2D eigenvalue weighted by Gasteiger charge is 2.94. The van der Waals surface area contributed by atoms with Gasteiger partial charge in [0.05, 0.1) is 34.5 Å². The summed E-state index contributed by atoms with van der Waals surface area (Å²) in [5.41, 5.74) is -2.93. The van der Waals surface area contributed by atoms with Crippen LogP contribution in [0, 0.1) is 12.8 Å². The SMILES string of the molecule is Cc1cc(O)c2c(c1)C(=O)c1ccc3c(c1C2=O)O[C@]12O[C@H](C)[C@@H]4[C@]31[C@@]1(O[C@@H]1C[C@]4(C)O)C(=O)c1c(O)cccc12. The highest BCUT2D eigenvalue weighted by Crippen LogP contribution is 2.80. The Morgan fingerprint density at radius 1 is 0.878 bits per heavy atom.